The molecule has 0 amide bonds. The normalized spacial score (nSPS) is 13.6. The number of nitro groups is 1. The minimum absolute atomic E-state index is 0.00199. The van der Waals surface area contributed by atoms with E-state index in [1.165, 1.54) is 12.1 Å². The molecule has 0 heterocycles. The van der Waals surface area contributed by atoms with Crippen molar-refractivity contribution in [2.75, 3.05) is 20.6 Å². The predicted octanol–water partition coefficient (Wildman–Crippen LogP) is 1.77. The summed E-state index contributed by atoms with van der Waals surface area (Å²) >= 11 is 0. The van der Waals surface area contributed by atoms with Crippen molar-refractivity contribution in [3.8, 4) is 0 Å². The van der Waals surface area contributed by atoms with Crippen molar-refractivity contribution in [1.29, 1.82) is 0 Å². The lowest BCUT2D eigenvalue weighted by Crippen LogP contribution is -2.43. The lowest BCUT2D eigenvalue weighted by molar-refractivity contribution is -0.387. The number of hydrogen-bond donors (Lipinski definition) is 1. The number of nitro benzene ring substituents is 1. The molecule has 0 bridgehead atoms. The summed E-state index contributed by atoms with van der Waals surface area (Å²) in [6.45, 7) is 5.73. The monoisotopic (exact) mass is 329 g/mol. The van der Waals surface area contributed by atoms with Crippen molar-refractivity contribution >= 4 is 15.7 Å². The van der Waals surface area contributed by atoms with Gasteiger partial charge >= 0.3 is 0 Å². The third-order valence-electron chi connectivity index (χ3n) is 3.57. The molecule has 1 aromatic rings. The number of benzene rings is 1. The van der Waals surface area contributed by atoms with E-state index in [0.717, 1.165) is 0 Å². The van der Waals surface area contributed by atoms with Crippen LogP contribution in [-0.4, -0.2) is 44.9 Å². The Labute approximate surface area is 131 Å². The van der Waals surface area contributed by atoms with Crippen molar-refractivity contribution < 1.29 is 13.3 Å². The second-order valence-corrected chi connectivity index (χ2v) is 7.51. The van der Waals surface area contributed by atoms with Crippen molar-refractivity contribution in [3.05, 3.63) is 33.9 Å². The number of aryl methyl sites for hydroxylation is 1. The topological polar surface area (TPSA) is 92.5 Å². The highest BCUT2D eigenvalue weighted by Crippen LogP contribution is 2.26. The third kappa shape index (κ3) is 4.25. The van der Waals surface area contributed by atoms with Gasteiger partial charge in [-0.3, -0.25) is 10.1 Å². The van der Waals surface area contributed by atoms with E-state index in [2.05, 4.69) is 4.72 Å². The molecule has 0 spiro atoms. The first-order valence-electron chi connectivity index (χ1n) is 6.98. The molecule has 8 heteroatoms. The Morgan fingerprint density at radius 1 is 1.32 bits per heavy atom. The number of nitrogens with one attached hydrogen (secondary N) is 1. The number of sulfonamides is 1. The summed E-state index contributed by atoms with van der Waals surface area (Å²) in [7, 11) is -0.207. The zero-order valence-corrected chi connectivity index (χ0v) is 14.3. The van der Waals surface area contributed by atoms with Crippen LogP contribution >= 0.6 is 0 Å². The molecule has 1 aromatic carbocycles. The summed E-state index contributed by atoms with van der Waals surface area (Å²) in [6.07, 6.45) is 0. The summed E-state index contributed by atoms with van der Waals surface area (Å²) in [4.78, 5) is 12.1. The Morgan fingerprint density at radius 3 is 2.36 bits per heavy atom. The van der Waals surface area contributed by atoms with Gasteiger partial charge in [0.05, 0.1) is 4.92 Å². The van der Waals surface area contributed by atoms with Crippen molar-refractivity contribution in [2.24, 2.45) is 5.92 Å². The molecule has 1 atom stereocenters. The minimum atomic E-state index is -3.95. The molecule has 1 rings (SSSR count). The van der Waals surface area contributed by atoms with E-state index >= 15 is 0 Å². The fourth-order valence-corrected chi connectivity index (χ4v) is 3.86. The maximum Gasteiger partial charge on any atom is 0.289 e. The first-order chi connectivity index (χ1) is 10.1. The Hall–Kier alpha value is -1.51. The van der Waals surface area contributed by atoms with Crippen molar-refractivity contribution in [2.45, 2.75) is 31.7 Å². The van der Waals surface area contributed by atoms with Crippen LogP contribution in [0.1, 0.15) is 19.4 Å². The molecule has 22 heavy (non-hydrogen) atoms. The minimum Gasteiger partial charge on any atom is -0.305 e. The fraction of sp³-hybridized carbons (Fsp3) is 0.571. The molecule has 0 saturated heterocycles. The second-order valence-electron chi connectivity index (χ2n) is 5.81. The third-order valence-corrected chi connectivity index (χ3v) is 5.19. The first kappa shape index (κ1) is 18.5. The van der Waals surface area contributed by atoms with Crippen LogP contribution in [0.15, 0.2) is 23.1 Å². The number of likely N-dealkylation sites (N-methyl/N-ethyl adjacent to an activating group) is 1. The van der Waals surface area contributed by atoms with E-state index in [4.69, 9.17) is 0 Å². The molecule has 0 fully saturated rings. The van der Waals surface area contributed by atoms with Crippen LogP contribution in [0.5, 0.6) is 0 Å². The zero-order chi connectivity index (χ0) is 17.1. The highest BCUT2D eigenvalue weighted by molar-refractivity contribution is 7.89. The zero-order valence-electron chi connectivity index (χ0n) is 13.5. The molecule has 0 aromatic heterocycles. The molecule has 0 aliphatic carbocycles. The fourth-order valence-electron chi connectivity index (χ4n) is 2.41. The Morgan fingerprint density at radius 2 is 1.91 bits per heavy atom. The Kier molecular flexibility index (Phi) is 6.04. The Bertz CT molecular complexity index is 633. The number of rotatable bonds is 7. The maximum absolute atomic E-state index is 12.5. The molecule has 124 valence electrons. The molecule has 0 radical (unpaired) electrons. The van der Waals surface area contributed by atoms with Gasteiger partial charge < -0.3 is 4.90 Å². The van der Waals surface area contributed by atoms with Gasteiger partial charge in [0.1, 0.15) is 0 Å². The van der Waals surface area contributed by atoms with Gasteiger partial charge in [-0.25, -0.2) is 13.1 Å². The van der Waals surface area contributed by atoms with Crippen LogP contribution in [0.3, 0.4) is 0 Å². The molecule has 0 aliphatic heterocycles. The van der Waals surface area contributed by atoms with Crippen LogP contribution in [0.2, 0.25) is 0 Å². The molecular formula is C14H23N3O4S. The lowest BCUT2D eigenvalue weighted by Gasteiger charge is -2.28. The standard InChI is InChI=1S/C14H23N3O4S/c1-10(2)13(16(4)5)9-15-22(20,21)14-11(3)7-6-8-12(14)17(18)19/h6-8,10,13,15H,9H2,1-5H3/t13-/m1/s1. The van der Waals surface area contributed by atoms with Crippen molar-refractivity contribution in [1.82, 2.24) is 9.62 Å². The van der Waals surface area contributed by atoms with Crippen LogP contribution in [0.4, 0.5) is 5.69 Å². The van der Waals surface area contributed by atoms with E-state index in [-0.39, 0.29) is 23.4 Å². The van der Waals surface area contributed by atoms with Gasteiger partial charge in [-0.2, -0.15) is 0 Å². The molecular weight excluding hydrogens is 306 g/mol. The lowest BCUT2D eigenvalue weighted by atomic mass is 10.0. The van der Waals surface area contributed by atoms with Gasteiger partial charge in [-0.15, -0.1) is 0 Å². The number of nitrogens with zero attached hydrogens (tertiary/aromatic N) is 2. The summed E-state index contributed by atoms with van der Waals surface area (Å²) < 4.78 is 27.5. The second kappa shape index (κ2) is 7.17. The highest BCUT2D eigenvalue weighted by atomic mass is 32.2. The van der Waals surface area contributed by atoms with E-state index in [1.54, 1.807) is 13.0 Å². The van der Waals surface area contributed by atoms with Gasteiger partial charge in [-0.05, 0) is 32.5 Å². The van der Waals surface area contributed by atoms with E-state index in [0.29, 0.717) is 5.56 Å². The average molecular weight is 329 g/mol. The highest BCUT2D eigenvalue weighted by Gasteiger charge is 2.29. The molecule has 0 aliphatic rings. The smallest absolute Gasteiger partial charge is 0.289 e. The van der Waals surface area contributed by atoms with Gasteiger partial charge in [0.2, 0.25) is 10.0 Å². The predicted molar refractivity (Wildman–Crippen MR) is 85.3 cm³/mol. The average Bonchev–Trinajstić information content (AvgIpc) is 2.36. The SMILES string of the molecule is Cc1cccc([N+](=O)[O-])c1S(=O)(=O)NC[C@H](C(C)C)N(C)C. The van der Waals surface area contributed by atoms with E-state index in [1.807, 2.05) is 32.8 Å². The summed E-state index contributed by atoms with van der Waals surface area (Å²) in [6, 6.07) is 4.22. The van der Waals surface area contributed by atoms with Gasteiger partial charge in [0.15, 0.2) is 4.90 Å². The van der Waals surface area contributed by atoms with Crippen LogP contribution in [-0.2, 0) is 10.0 Å². The van der Waals surface area contributed by atoms with E-state index in [9.17, 15) is 18.5 Å². The van der Waals surface area contributed by atoms with Crippen LogP contribution < -0.4 is 4.72 Å². The van der Waals surface area contributed by atoms with Crippen LogP contribution in [0.25, 0.3) is 0 Å². The molecule has 0 unspecified atom stereocenters. The van der Waals surface area contributed by atoms with Gasteiger partial charge in [0.25, 0.3) is 5.69 Å². The van der Waals surface area contributed by atoms with Crippen molar-refractivity contribution in [3.63, 3.8) is 0 Å². The summed E-state index contributed by atoms with van der Waals surface area (Å²) in [5.41, 5.74) is -0.0499. The first-order valence-corrected chi connectivity index (χ1v) is 8.46. The Balaban J connectivity index is 3.13. The summed E-state index contributed by atoms with van der Waals surface area (Å²) in [5.74, 6) is 0.240. The number of hydrogen-bond acceptors (Lipinski definition) is 5. The largest absolute Gasteiger partial charge is 0.305 e. The molecule has 0 saturated carbocycles. The quantitative estimate of drug-likeness (QED) is 0.608. The molecule has 7 nitrogen and oxygen atoms in total. The summed E-state index contributed by atoms with van der Waals surface area (Å²) in [5, 5.41) is 11.1. The van der Waals surface area contributed by atoms with Gasteiger partial charge in [0, 0.05) is 18.7 Å². The maximum atomic E-state index is 12.5. The van der Waals surface area contributed by atoms with Crippen LogP contribution in [0, 0.1) is 23.0 Å². The van der Waals surface area contributed by atoms with E-state index < -0.39 is 20.6 Å². The molecule has 1 N–H and O–H groups in total. The van der Waals surface area contributed by atoms with Gasteiger partial charge in [-0.1, -0.05) is 26.0 Å².